The van der Waals surface area contributed by atoms with Gasteiger partial charge in [0.25, 0.3) is 0 Å². The van der Waals surface area contributed by atoms with E-state index in [1.165, 1.54) is 16.8 Å². The molecule has 108 valence electrons. The lowest BCUT2D eigenvalue weighted by Crippen LogP contribution is -2.11. The van der Waals surface area contributed by atoms with Crippen molar-refractivity contribution in [3.63, 3.8) is 0 Å². The van der Waals surface area contributed by atoms with Crippen LogP contribution in [0.1, 0.15) is 11.1 Å². The lowest BCUT2D eigenvalue weighted by molar-refractivity contribution is -0.138. The van der Waals surface area contributed by atoms with Crippen LogP contribution in [0.5, 0.6) is 0 Å². The first-order chi connectivity index (χ1) is 10.0. The highest BCUT2D eigenvalue weighted by molar-refractivity contribution is 5.75. The molecule has 0 aliphatic heterocycles. The fourth-order valence-electron chi connectivity index (χ4n) is 2.16. The molecule has 2 aromatic carbocycles. The molecule has 0 amide bonds. The molecule has 21 heavy (non-hydrogen) atoms. The molecule has 0 aliphatic rings. The van der Waals surface area contributed by atoms with Gasteiger partial charge in [-0.3, -0.25) is 0 Å². The average Bonchev–Trinajstić information content (AvgIpc) is 2.89. The zero-order valence-corrected chi connectivity index (χ0v) is 10.7. The molecule has 1 N–H and O–H groups in total. The number of benzene rings is 2. The Bertz CT molecular complexity index is 796. The van der Waals surface area contributed by atoms with Crippen molar-refractivity contribution in [3.8, 4) is 5.69 Å². The number of alkyl halides is 3. The molecule has 0 saturated carbocycles. The predicted molar refractivity (Wildman–Crippen MR) is 69.8 cm³/mol. The van der Waals surface area contributed by atoms with E-state index in [9.17, 15) is 13.2 Å². The smallest absolute Gasteiger partial charge is 0.392 e. The first-order valence-electron chi connectivity index (χ1n) is 6.12. The molecule has 3 rings (SSSR count). The number of fused-ring (bicyclic) bond motifs is 1. The van der Waals surface area contributed by atoms with Crippen LogP contribution in [-0.4, -0.2) is 20.1 Å². The maximum atomic E-state index is 13.0. The maximum absolute atomic E-state index is 13.0. The number of aliphatic hydroxyl groups excluding tert-OH is 1. The van der Waals surface area contributed by atoms with Crippen LogP contribution in [0.25, 0.3) is 16.7 Å². The molecule has 3 aromatic rings. The van der Waals surface area contributed by atoms with E-state index in [2.05, 4.69) is 10.3 Å². The highest BCUT2D eigenvalue weighted by Gasteiger charge is 2.33. The van der Waals surface area contributed by atoms with Crippen LogP contribution in [0, 0.1) is 0 Å². The summed E-state index contributed by atoms with van der Waals surface area (Å²) in [7, 11) is 0. The van der Waals surface area contributed by atoms with Gasteiger partial charge >= 0.3 is 6.18 Å². The number of nitrogens with zero attached hydrogens (tertiary/aromatic N) is 3. The molecular weight excluding hydrogens is 283 g/mol. The molecule has 0 aliphatic carbocycles. The van der Waals surface area contributed by atoms with Gasteiger partial charge in [-0.15, -0.1) is 5.10 Å². The minimum atomic E-state index is -4.54. The average molecular weight is 293 g/mol. The van der Waals surface area contributed by atoms with Gasteiger partial charge in [-0.05, 0) is 29.8 Å². The van der Waals surface area contributed by atoms with Crippen molar-refractivity contribution in [3.05, 3.63) is 53.6 Å². The maximum Gasteiger partial charge on any atom is 0.416 e. The number of para-hydroxylation sites is 1. The van der Waals surface area contributed by atoms with E-state index in [0.29, 0.717) is 11.0 Å². The van der Waals surface area contributed by atoms with Crippen LogP contribution < -0.4 is 0 Å². The summed E-state index contributed by atoms with van der Waals surface area (Å²) >= 11 is 0. The Morgan fingerprint density at radius 3 is 2.57 bits per heavy atom. The zero-order chi connectivity index (χ0) is 15.0. The summed E-state index contributed by atoms with van der Waals surface area (Å²) in [5.41, 5.74) is 0.408. The number of hydrogen-bond donors (Lipinski definition) is 1. The molecule has 0 radical (unpaired) electrons. The minimum absolute atomic E-state index is 0.171. The summed E-state index contributed by atoms with van der Waals surface area (Å²) in [4.78, 5) is 0. The van der Waals surface area contributed by atoms with Crippen molar-refractivity contribution in [1.29, 1.82) is 0 Å². The Morgan fingerprint density at radius 1 is 1.10 bits per heavy atom. The van der Waals surface area contributed by atoms with E-state index < -0.39 is 18.3 Å². The second-order valence-corrected chi connectivity index (χ2v) is 4.49. The third-order valence-electron chi connectivity index (χ3n) is 3.17. The van der Waals surface area contributed by atoms with Crippen molar-refractivity contribution >= 4 is 11.0 Å². The molecule has 0 saturated heterocycles. The van der Waals surface area contributed by atoms with E-state index in [4.69, 9.17) is 5.11 Å². The van der Waals surface area contributed by atoms with Crippen molar-refractivity contribution in [2.24, 2.45) is 0 Å². The summed E-state index contributed by atoms with van der Waals surface area (Å²) in [6, 6.07) is 10.7. The van der Waals surface area contributed by atoms with Gasteiger partial charge in [-0.25, -0.2) is 4.68 Å². The number of hydrogen-bond acceptors (Lipinski definition) is 3. The third-order valence-corrected chi connectivity index (χ3v) is 3.17. The molecular formula is C14H10F3N3O. The Labute approximate surface area is 117 Å². The molecule has 4 nitrogen and oxygen atoms in total. The monoisotopic (exact) mass is 293 g/mol. The molecule has 0 bridgehead atoms. The predicted octanol–water partition coefficient (Wildman–Crippen LogP) is 2.93. The standard InChI is InChI=1S/C14H10F3N3O/c15-14(16,17)11-7-10(6-5-9(11)8-21)20-13-4-2-1-3-12(13)18-19-20/h1-7,21H,8H2. The summed E-state index contributed by atoms with van der Waals surface area (Å²) in [5, 5.41) is 16.8. The fourth-order valence-corrected chi connectivity index (χ4v) is 2.16. The SMILES string of the molecule is OCc1ccc(-n2nnc3ccccc32)cc1C(F)(F)F. The van der Waals surface area contributed by atoms with Gasteiger partial charge in [0, 0.05) is 0 Å². The molecule has 1 aromatic heterocycles. The van der Waals surface area contributed by atoms with Gasteiger partial charge < -0.3 is 5.11 Å². The quantitative estimate of drug-likeness (QED) is 0.790. The van der Waals surface area contributed by atoms with Gasteiger partial charge in [0.05, 0.1) is 23.4 Å². The van der Waals surface area contributed by atoms with Crippen molar-refractivity contribution < 1.29 is 18.3 Å². The Morgan fingerprint density at radius 2 is 1.86 bits per heavy atom. The number of aromatic nitrogens is 3. The second kappa shape index (κ2) is 4.85. The zero-order valence-electron chi connectivity index (χ0n) is 10.7. The summed E-state index contributed by atoms with van der Waals surface area (Å²) in [6.07, 6.45) is -4.54. The van der Waals surface area contributed by atoms with E-state index in [0.717, 1.165) is 6.07 Å². The molecule has 0 atom stereocenters. The van der Waals surface area contributed by atoms with Gasteiger partial charge in [0.1, 0.15) is 5.52 Å². The van der Waals surface area contributed by atoms with Crippen LogP contribution in [0.3, 0.4) is 0 Å². The van der Waals surface area contributed by atoms with Gasteiger partial charge in [0.2, 0.25) is 0 Å². The number of aliphatic hydroxyl groups is 1. The van der Waals surface area contributed by atoms with Gasteiger partial charge in [-0.1, -0.05) is 23.4 Å². The number of halogens is 3. The van der Waals surface area contributed by atoms with Gasteiger partial charge in [-0.2, -0.15) is 13.2 Å². The van der Waals surface area contributed by atoms with Crippen LogP contribution in [0.2, 0.25) is 0 Å². The van der Waals surface area contributed by atoms with Gasteiger partial charge in [0.15, 0.2) is 0 Å². The molecule has 7 heteroatoms. The largest absolute Gasteiger partial charge is 0.416 e. The minimum Gasteiger partial charge on any atom is -0.392 e. The second-order valence-electron chi connectivity index (χ2n) is 4.49. The highest BCUT2D eigenvalue weighted by atomic mass is 19.4. The lowest BCUT2D eigenvalue weighted by Gasteiger charge is -2.13. The van der Waals surface area contributed by atoms with Crippen molar-refractivity contribution in [2.45, 2.75) is 12.8 Å². The van der Waals surface area contributed by atoms with E-state index in [-0.39, 0.29) is 11.3 Å². The molecule has 0 fully saturated rings. The Hall–Kier alpha value is -2.41. The normalized spacial score (nSPS) is 12.0. The summed E-state index contributed by atoms with van der Waals surface area (Å²) in [6.45, 7) is -0.673. The third kappa shape index (κ3) is 2.36. The summed E-state index contributed by atoms with van der Waals surface area (Å²) < 4.78 is 40.4. The topological polar surface area (TPSA) is 50.9 Å². The fraction of sp³-hybridized carbons (Fsp3) is 0.143. The van der Waals surface area contributed by atoms with Crippen LogP contribution in [0.4, 0.5) is 13.2 Å². The molecule has 1 heterocycles. The van der Waals surface area contributed by atoms with E-state index in [1.54, 1.807) is 24.3 Å². The van der Waals surface area contributed by atoms with E-state index >= 15 is 0 Å². The highest BCUT2D eigenvalue weighted by Crippen LogP contribution is 2.33. The van der Waals surface area contributed by atoms with Crippen molar-refractivity contribution in [2.75, 3.05) is 0 Å². The lowest BCUT2D eigenvalue weighted by atomic mass is 10.1. The van der Waals surface area contributed by atoms with Crippen molar-refractivity contribution in [1.82, 2.24) is 15.0 Å². The summed E-state index contributed by atoms with van der Waals surface area (Å²) in [5.74, 6) is 0. The van der Waals surface area contributed by atoms with Crippen LogP contribution >= 0.6 is 0 Å². The number of rotatable bonds is 2. The first-order valence-corrected chi connectivity index (χ1v) is 6.12. The molecule has 0 unspecified atom stereocenters. The first kappa shape index (κ1) is 13.6. The molecule has 0 spiro atoms. The van der Waals surface area contributed by atoms with Crippen LogP contribution in [0.15, 0.2) is 42.5 Å². The Kier molecular flexibility index (Phi) is 3.13. The Balaban J connectivity index is 2.19. The van der Waals surface area contributed by atoms with E-state index in [1.807, 2.05) is 0 Å². The van der Waals surface area contributed by atoms with Crippen LogP contribution in [-0.2, 0) is 12.8 Å².